The minimum absolute atomic E-state index is 0.0390. The predicted octanol–water partition coefficient (Wildman–Crippen LogP) is 4.54. The Bertz CT molecular complexity index is 981. The van der Waals surface area contributed by atoms with E-state index >= 15 is 0 Å². The summed E-state index contributed by atoms with van der Waals surface area (Å²) in [6.07, 6.45) is 2.17. The van der Waals surface area contributed by atoms with Crippen molar-refractivity contribution in [3.63, 3.8) is 0 Å². The van der Waals surface area contributed by atoms with E-state index in [4.69, 9.17) is 5.73 Å². The summed E-state index contributed by atoms with van der Waals surface area (Å²) in [5.41, 5.74) is 6.33. The molecule has 3 aromatic rings. The van der Waals surface area contributed by atoms with Crippen LogP contribution in [0.2, 0.25) is 0 Å². The summed E-state index contributed by atoms with van der Waals surface area (Å²) >= 11 is 1.98. The van der Waals surface area contributed by atoms with Crippen LogP contribution in [0.25, 0.3) is 0 Å². The third-order valence-electron chi connectivity index (χ3n) is 3.54. The topological polar surface area (TPSA) is 80.0 Å². The molecular formula is C18H13F2IN4O. The van der Waals surface area contributed by atoms with Crippen molar-refractivity contribution < 1.29 is 13.6 Å². The smallest absolute Gasteiger partial charge is 0.260 e. The Morgan fingerprint density at radius 3 is 2.50 bits per heavy atom. The van der Waals surface area contributed by atoms with Gasteiger partial charge in [-0.05, 0) is 52.9 Å². The highest BCUT2D eigenvalue weighted by Gasteiger charge is 2.19. The molecule has 0 aliphatic carbocycles. The summed E-state index contributed by atoms with van der Waals surface area (Å²) in [6, 6.07) is 11.1. The Kier molecular flexibility index (Phi) is 5.31. The summed E-state index contributed by atoms with van der Waals surface area (Å²) in [5.74, 6) is -2.09. The molecule has 0 spiro atoms. The van der Waals surface area contributed by atoms with Gasteiger partial charge in [0.1, 0.15) is 11.4 Å². The first-order chi connectivity index (χ1) is 12.5. The van der Waals surface area contributed by atoms with Crippen molar-refractivity contribution in [3.8, 4) is 0 Å². The zero-order chi connectivity index (χ0) is 18.7. The molecule has 26 heavy (non-hydrogen) atoms. The molecule has 8 heteroatoms. The van der Waals surface area contributed by atoms with E-state index in [-0.39, 0.29) is 16.9 Å². The lowest BCUT2D eigenvalue weighted by molar-refractivity contribution is 0.102. The molecule has 2 aromatic carbocycles. The van der Waals surface area contributed by atoms with E-state index < -0.39 is 17.5 Å². The molecule has 132 valence electrons. The van der Waals surface area contributed by atoms with Crippen molar-refractivity contribution >= 4 is 51.2 Å². The number of para-hydroxylation sites is 2. The minimum atomic E-state index is -0.840. The van der Waals surface area contributed by atoms with Gasteiger partial charge in [-0.1, -0.05) is 12.1 Å². The quantitative estimate of drug-likeness (QED) is 0.390. The molecule has 4 N–H and O–H groups in total. The van der Waals surface area contributed by atoms with Gasteiger partial charge in [0.05, 0.1) is 35.1 Å². The minimum Gasteiger partial charge on any atom is -0.397 e. The van der Waals surface area contributed by atoms with Crippen LogP contribution in [-0.4, -0.2) is 10.9 Å². The summed E-state index contributed by atoms with van der Waals surface area (Å²) in [5, 5.41) is 5.27. The standard InChI is InChI=1S/C18H13F2IN4O/c19-11-7-10(21)5-6-14(11)24-16-9-23-8-12(20)17(16)18(26)25-15-4-2-1-3-13(15)22/h1-9,24H,22H2,(H,25,26). The molecule has 0 radical (unpaired) electrons. The van der Waals surface area contributed by atoms with Crippen LogP contribution < -0.4 is 16.4 Å². The highest BCUT2D eigenvalue weighted by molar-refractivity contribution is 14.1. The molecule has 0 saturated carbocycles. The zero-order valence-electron chi connectivity index (χ0n) is 13.3. The lowest BCUT2D eigenvalue weighted by Gasteiger charge is -2.14. The van der Waals surface area contributed by atoms with Gasteiger partial charge >= 0.3 is 0 Å². The fourth-order valence-electron chi connectivity index (χ4n) is 2.29. The molecule has 3 rings (SSSR count). The predicted molar refractivity (Wildman–Crippen MR) is 105 cm³/mol. The second-order valence-electron chi connectivity index (χ2n) is 5.33. The Morgan fingerprint density at radius 2 is 1.77 bits per heavy atom. The summed E-state index contributed by atoms with van der Waals surface area (Å²) in [6.45, 7) is 0. The van der Waals surface area contributed by atoms with Gasteiger partial charge in [0, 0.05) is 3.57 Å². The van der Waals surface area contributed by atoms with E-state index in [1.165, 1.54) is 18.3 Å². The number of carbonyl (C=O) groups is 1. The first-order valence-electron chi connectivity index (χ1n) is 7.47. The van der Waals surface area contributed by atoms with Gasteiger partial charge < -0.3 is 16.4 Å². The number of nitrogens with zero attached hydrogens (tertiary/aromatic N) is 1. The van der Waals surface area contributed by atoms with Crippen molar-refractivity contribution in [1.29, 1.82) is 0 Å². The molecule has 1 heterocycles. The average molecular weight is 466 g/mol. The van der Waals surface area contributed by atoms with Crippen molar-refractivity contribution in [2.75, 3.05) is 16.4 Å². The van der Waals surface area contributed by atoms with E-state index in [0.717, 1.165) is 6.20 Å². The highest BCUT2D eigenvalue weighted by atomic mass is 127. The van der Waals surface area contributed by atoms with Crippen molar-refractivity contribution in [2.45, 2.75) is 0 Å². The van der Waals surface area contributed by atoms with Crippen LogP contribution in [0.15, 0.2) is 54.9 Å². The normalized spacial score (nSPS) is 10.4. The lowest BCUT2D eigenvalue weighted by Crippen LogP contribution is -2.17. The summed E-state index contributed by atoms with van der Waals surface area (Å²) in [4.78, 5) is 16.3. The van der Waals surface area contributed by atoms with Gasteiger partial charge in [0.15, 0.2) is 5.82 Å². The first kappa shape index (κ1) is 18.1. The maximum atomic E-state index is 14.3. The molecule has 0 aliphatic rings. The maximum Gasteiger partial charge on any atom is 0.260 e. The maximum absolute atomic E-state index is 14.3. The number of nitrogen functional groups attached to an aromatic ring is 1. The fourth-order valence-corrected chi connectivity index (χ4v) is 2.75. The van der Waals surface area contributed by atoms with Gasteiger partial charge in [0.2, 0.25) is 0 Å². The Balaban J connectivity index is 1.94. The number of nitrogens with one attached hydrogen (secondary N) is 2. The molecule has 0 atom stereocenters. The number of halogens is 3. The van der Waals surface area contributed by atoms with E-state index in [9.17, 15) is 13.6 Å². The number of amides is 1. The van der Waals surface area contributed by atoms with Gasteiger partial charge in [0.25, 0.3) is 5.91 Å². The third kappa shape index (κ3) is 3.90. The van der Waals surface area contributed by atoms with E-state index in [1.54, 1.807) is 30.3 Å². The Hall–Kier alpha value is -2.75. The number of hydrogen-bond acceptors (Lipinski definition) is 4. The first-order valence-corrected chi connectivity index (χ1v) is 8.55. The number of carbonyl (C=O) groups excluding carboxylic acids is 1. The summed E-state index contributed by atoms with van der Waals surface area (Å²) < 4.78 is 29.1. The SMILES string of the molecule is Nc1ccccc1NC(=O)c1c(F)cncc1Nc1ccc(I)cc1F. The molecule has 0 aliphatic heterocycles. The van der Waals surface area contributed by atoms with Crippen molar-refractivity contribution in [2.24, 2.45) is 0 Å². The second-order valence-corrected chi connectivity index (χ2v) is 6.58. The molecule has 5 nitrogen and oxygen atoms in total. The van der Waals surface area contributed by atoms with Gasteiger partial charge in [-0.2, -0.15) is 0 Å². The highest BCUT2D eigenvalue weighted by Crippen LogP contribution is 2.27. The monoisotopic (exact) mass is 466 g/mol. The number of benzene rings is 2. The van der Waals surface area contributed by atoms with Crippen molar-refractivity contribution in [1.82, 2.24) is 4.98 Å². The van der Waals surface area contributed by atoms with Crippen LogP contribution in [0.1, 0.15) is 10.4 Å². The number of aromatic nitrogens is 1. The van der Waals surface area contributed by atoms with Gasteiger partial charge in [-0.15, -0.1) is 0 Å². The zero-order valence-corrected chi connectivity index (χ0v) is 15.4. The van der Waals surface area contributed by atoms with Crippen molar-refractivity contribution in [3.05, 3.63) is 75.6 Å². The lowest BCUT2D eigenvalue weighted by atomic mass is 10.1. The van der Waals surface area contributed by atoms with Crippen LogP contribution >= 0.6 is 22.6 Å². The third-order valence-corrected chi connectivity index (χ3v) is 4.21. The molecule has 0 saturated heterocycles. The fraction of sp³-hybridized carbons (Fsp3) is 0. The number of rotatable bonds is 4. The van der Waals surface area contributed by atoms with Crippen LogP contribution in [-0.2, 0) is 0 Å². The van der Waals surface area contributed by atoms with Crippen LogP contribution in [0.3, 0.4) is 0 Å². The van der Waals surface area contributed by atoms with Crippen LogP contribution in [0, 0.1) is 15.2 Å². The van der Waals surface area contributed by atoms with Gasteiger partial charge in [-0.25, -0.2) is 8.78 Å². The summed E-state index contributed by atoms with van der Waals surface area (Å²) in [7, 11) is 0. The van der Waals surface area contributed by atoms with Crippen LogP contribution in [0.4, 0.5) is 31.5 Å². The molecule has 0 bridgehead atoms. The Labute approximate surface area is 161 Å². The number of hydrogen-bond donors (Lipinski definition) is 3. The largest absolute Gasteiger partial charge is 0.397 e. The van der Waals surface area contributed by atoms with Crippen LogP contribution in [0.5, 0.6) is 0 Å². The molecule has 1 amide bonds. The van der Waals surface area contributed by atoms with E-state index in [0.29, 0.717) is 14.9 Å². The molecule has 0 fully saturated rings. The molecular weight excluding hydrogens is 453 g/mol. The number of anilines is 4. The van der Waals surface area contributed by atoms with E-state index in [2.05, 4.69) is 15.6 Å². The second kappa shape index (κ2) is 7.65. The van der Waals surface area contributed by atoms with Gasteiger partial charge in [-0.3, -0.25) is 9.78 Å². The molecule has 0 unspecified atom stereocenters. The Morgan fingerprint density at radius 1 is 1.00 bits per heavy atom. The van der Waals surface area contributed by atoms with E-state index in [1.807, 2.05) is 22.6 Å². The average Bonchev–Trinajstić information content (AvgIpc) is 2.59. The molecule has 1 aromatic heterocycles. The number of pyridine rings is 1. The number of nitrogens with two attached hydrogens (primary N) is 1.